The number of hydrogen-bond acceptors (Lipinski definition) is 5. The summed E-state index contributed by atoms with van der Waals surface area (Å²) in [5.74, 6) is 1.72. The second-order valence-corrected chi connectivity index (χ2v) is 6.41. The van der Waals surface area contributed by atoms with Crippen molar-refractivity contribution in [1.82, 2.24) is 10.2 Å². The zero-order chi connectivity index (χ0) is 18.9. The van der Waals surface area contributed by atoms with Crippen LogP contribution in [0.25, 0.3) is 6.08 Å². The van der Waals surface area contributed by atoms with Gasteiger partial charge in [-0.15, -0.1) is 0 Å². The molecule has 1 aromatic carbocycles. The lowest BCUT2D eigenvalue weighted by Gasteiger charge is -2.31. The number of ether oxygens (including phenoxy) is 3. The van der Waals surface area contributed by atoms with Crippen molar-refractivity contribution in [1.29, 1.82) is 0 Å². The van der Waals surface area contributed by atoms with Crippen LogP contribution in [0.1, 0.15) is 31.7 Å². The Kier molecular flexibility index (Phi) is 7.78. The van der Waals surface area contributed by atoms with Gasteiger partial charge in [0, 0.05) is 36.8 Å². The second-order valence-electron chi connectivity index (χ2n) is 6.41. The number of hydrogen-bond donors (Lipinski definition) is 1. The first-order valence-electron chi connectivity index (χ1n) is 9.12. The molecule has 0 saturated carbocycles. The van der Waals surface area contributed by atoms with Crippen LogP contribution in [-0.2, 0) is 4.79 Å². The molecular weight excluding hydrogens is 332 g/mol. The van der Waals surface area contributed by atoms with Crippen LogP contribution < -0.4 is 19.5 Å². The molecule has 0 atom stereocenters. The number of nitrogens with zero attached hydrogens (tertiary/aromatic N) is 1. The number of likely N-dealkylation sites (tertiary alicyclic amines) is 1. The molecule has 0 spiro atoms. The summed E-state index contributed by atoms with van der Waals surface area (Å²) in [5, 5.41) is 3.09. The predicted molar refractivity (Wildman–Crippen MR) is 103 cm³/mol. The van der Waals surface area contributed by atoms with E-state index in [1.54, 1.807) is 45.6 Å². The summed E-state index contributed by atoms with van der Waals surface area (Å²) in [6.45, 7) is 5.43. The number of piperidine rings is 1. The Morgan fingerprint density at radius 1 is 1.12 bits per heavy atom. The monoisotopic (exact) mass is 362 g/mol. The van der Waals surface area contributed by atoms with Crippen molar-refractivity contribution >= 4 is 12.0 Å². The van der Waals surface area contributed by atoms with Gasteiger partial charge in [0.2, 0.25) is 5.91 Å². The third kappa shape index (κ3) is 5.39. The van der Waals surface area contributed by atoms with E-state index < -0.39 is 0 Å². The quantitative estimate of drug-likeness (QED) is 0.721. The first kappa shape index (κ1) is 20.1. The van der Waals surface area contributed by atoms with E-state index in [-0.39, 0.29) is 11.9 Å². The molecule has 1 aliphatic rings. The van der Waals surface area contributed by atoms with Gasteiger partial charge in [0.25, 0.3) is 0 Å². The predicted octanol–water partition coefficient (Wildman–Crippen LogP) is 2.72. The van der Waals surface area contributed by atoms with Gasteiger partial charge < -0.3 is 24.4 Å². The van der Waals surface area contributed by atoms with Crippen molar-refractivity contribution in [3.05, 3.63) is 23.8 Å². The average molecular weight is 362 g/mol. The fraction of sp³-hybridized carbons (Fsp3) is 0.550. The van der Waals surface area contributed by atoms with Gasteiger partial charge in [-0.25, -0.2) is 0 Å². The Morgan fingerprint density at radius 2 is 1.73 bits per heavy atom. The number of carbonyl (C=O) groups excluding carboxylic acids is 1. The van der Waals surface area contributed by atoms with E-state index in [1.807, 2.05) is 0 Å². The second kappa shape index (κ2) is 10.1. The molecule has 0 radical (unpaired) electrons. The lowest BCUT2D eigenvalue weighted by molar-refractivity contribution is -0.117. The summed E-state index contributed by atoms with van der Waals surface area (Å²) < 4.78 is 16.0. The summed E-state index contributed by atoms with van der Waals surface area (Å²) in [6.07, 6.45) is 6.45. The van der Waals surface area contributed by atoms with Crippen LogP contribution in [0, 0.1) is 0 Å². The van der Waals surface area contributed by atoms with Gasteiger partial charge in [-0.1, -0.05) is 6.92 Å². The van der Waals surface area contributed by atoms with E-state index in [0.29, 0.717) is 17.2 Å². The minimum absolute atomic E-state index is 0.0872. The van der Waals surface area contributed by atoms with Gasteiger partial charge in [0.1, 0.15) is 5.75 Å². The molecule has 1 saturated heterocycles. The van der Waals surface area contributed by atoms with Crippen LogP contribution in [-0.4, -0.2) is 57.8 Å². The molecule has 26 heavy (non-hydrogen) atoms. The molecule has 144 valence electrons. The number of rotatable bonds is 8. The largest absolute Gasteiger partial charge is 0.496 e. The molecule has 6 nitrogen and oxygen atoms in total. The van der Waals surface area contributed by atoms with Crippen LogP contribution in [0.3, 0.4) is 0 Å². The molecule has 1 heterocycles. The molecule has 1 N–H and O–H groups in total. The Hall–Kier alpha value is -2.21. The molecule has 6 heteroatoms. The van der Waals surface area contributed by atoms with E-state index >= 15 is 0 Å². The third-order valence-electron chi connectivity index (χ3n) is 4.62. The van der Waals surface area contributed by atoms with Gasteiger partial charge in [-0.3, -0.25) is 4.79 Å². The first-order valence-corrected chi connectivity index (χ1v) is 9.12. The number of methoxy groups -OCH3 is 3. The highest BCUT2D eigenvalue weighted by Gasteiger charge is 2.19. The van der Waals surface area contributed by atoms with E-state index in [1.165, 1.54) is 6.42 Å². The van der Waals surface area contributed by atoms with E-state index in [2.05, 4.69) is 17.1 Å². The standard InChI is InChI=1S/C20H30N2O4/c1-5-10-22-11-8-16(9-12-22)21-20(23)7-6-15-13-18(25-3)19(26-4)14-17(15)24-2/h6-7,13-14,16H,5,8-12H2,1-4H3,(H,21,23)/b7-6+. The van der Waals surface area contributed by atoms with Crippen LogP contribution in [0.4, 0.5) is 0 Å². The van der Waals surface area contributed by atoms with E-state index in [4.69, 9.17) is 14.2 Å². The molecule has 0 bridgehead atoms. The maximum Gasteiger partial charge on any atom is 0.244 e. The molecule has 0 aliphatic carbocycles. The lowest BCUT2D eigenvalue weighted by atomic mass is 10.0. The zero-order valence-electron chi connectivity index (χ0n) is 16.2. The fourth-order valence-corrected chi connectivity index (χ4v) is 3.21. The van der Waals surface area contributed by atoms with Gasteiger partial charge in [-0.2, -0.15) is 0 Å². The Bertz CT molecular complexity index is 622. The molecule has 1 amide bonds. The fourth-order valence-electron chi connectivity index (χ4n) is 3.21. The van der Waals surface area contributed by atoms with Crippen molar-refractivity contribution < 1.29 is 19.0 Å². The average Bonchev–Trinajstić information content (AvgIpc) is 2.67. The first-order chi connectivity index (χ1) is 12.6. The van der Waals surface area contributed by atoms with Gasteiger partial charge >= 0.3 is 0 Å². The number of amides is 1. The molecule has 2 rings (SSSR count). The number of benzene rings is 1. The molecule has 0 unspecified atom stereocenters. The SMILES string of the molecule is CCCN1CCC(NC(=O)/C=C/c2cc(OC)c(OC)cc2OC)CC1. The zero-order valence-corrected chi connectivity index (χ0v) is 16.2. The molecule has 1 aromatic rings. The van der Waals surface area contributed by atoms with Crippen LogP contribution in [0.15, 0.2) is 18.2 Å². The Labute approximate surface area is 156 Å². The van der Waals surface area contributed by atoms with Crippen LogP contribution >= 0.6 is 0 Å². The van der Waals surface area contributed by atoms with Crippen LogP contribution in [0.2, 0.25) is 0 Å². The van der Waals surface area contributed by atoms with Crippen molar-refractivity contribution in [2.45, 2.75) is 32.2 Å². The highest BCUT2D eigenvalue weighted by atomic mass is 16.5. The number of carbonyl (C=O) groups is 1. The van der Waals surface area contributed by atoms with E-state index in [9.17, 15) is 4.79 Å². The minimum Gasteiger partial charge on any atom is -0.496 e. The lowest BCUT2D eigenvalue weighted by Crippen LogP contribution is -2.44. The van der Waals surface area contributed by atoms with Gasteiger partial charge in [0.15, 0.2) is 11.5 Å². The Morgan fingerprint density at radius 3 is 2.31 bits per heavy atom. The van der Waals surface area contributed by atoms with Gasteiger partial charge in [-0.05, 0) is 37.9 Å². The molecular formula is C20H30N2O4. The highest BCUT2D eigenvalue weighted by molar-refractivity contribution is 5.92. The van der Waals surface area contributed by atoms with Gasteiger partial charge in [0.05, 0.1) is 21.3 Å². The summed E-state index contributed by atoms with van der Waals surface area (Å²) in [5.41, 5.74) is 0.762. The maximum absolute atomic E-state index is 12.3. The summed E-state index contributed by atoms with van der Waals surface area (Å²) >= 11 is 0. The third-order valence-corrected chi connectivity index (χ3v) is 4.62. The minimum atomic E-state index is -0.0872. The van der Waals surface area contributed by atoms with E-state index in [0.717, 1.165) is 38.0 Å². The van der Waals surface area contributed by atoms with Crippen molar-refractivity contribution in [2.24, 2.45) is 0 Å². The molecule has 0 aromatic heterocycles. The maximum atomic E-state index is 12.3. The topological polar surface area (TPSA) is 60.0 Å². The smallest absolute Gasteiger partial charge is 0.244 e. The van der Waals surface area contributed by atoms with Crippen molar-refractivity contribution in [3.8, 4) is 17.2 Å². The normalized spacial score (nSPS) is 15.8. The van der Waals surface area contributed by atoms with Crippen LogP contribution in [0.5, 0.6) is 17.2 Å². The summed E-state index contributed by atoms with van der Waals surface area (Å²) in [7, 11) is 4.74. The Balaban J connectivity index is 1.97. The van der Waals surface area contributed by atoms with Crippen molar-refractivity contribution in [2.75, 3.05) is 41.0 Å². The summed E-state index contributed by atoms with van der Waals surface area (Å²) in [6, 6.07) is 3.79. The molecule has 1 aliphatic heterocycles. The molecule has 1 fully saturated rings. The summed E-state index contributed by atoms with van der Waals surface area (Å²) in [4.78, 5) is 14.7. The van der Waals surface area contributed by atoms with Crippen molar-refractivity contribution in [3.63, 3.8) is 0 Å². The number of nitrogens with one attached hydrogen (secondary N) is 1. The highest BCUT2D eigenvalue weighted by Crippen LogP contribution is 2.35.